The highest BCUT2D eigenvalue weighted by molar-refractivity contribution is 7.98. The first-order valence-electron chi connectivity index (χ1n) is 8.75. The van der Waals surface area contributed by atoms with Gasteiger partial charge in [-0.1, -0.05) is 12.1 Å². The second kappa shape index (κ2) is 9.01. The maximum absolute atomic E-state index is 12.0. The number of carbonyl (C=O) groups is 1. The van der Waals surface area contributed by atoms with Crippen molar-refractivity contribution in [2.24, 2.45) is 5.92 Å². The largest absolute Gasteiger partial charge is 0.356 e. The molecule has 1 atom stereocenters. The van der Waals surface area contributed by atoms with Gasteiger partial charge in [-0.25, -0.2) is 4.98 Å². The summed E-state index contributed by atoms with van der Waals surface area (Å²) in [6.45, 7) is 2.85. The fraction of sp³-hybridized carbons (Fsp3) is 0.500. The van der Waals surface area contributed by atoms with E-state index in [1.807, 2.05) is 18.2 Å². The molecule has 3 rings (SSSR count). The number of thioether (sulfide) groups is 1. The summed E-state index contributed by atoms with van der Waals surface area (Å²) in [4.78, 5) is 31.2. The fourth-order valence-corrected chi connectivity index (χ4v) is 3.79. The predicted molar refractivity (Wildman–Crippen MR) is 102 cm³/mol. The summed E-state index contributed by atoms with van der Waals surface area (Å²) in [6.07, 6.45) is 2.86. The average Bonchev–Trinajstić information content (AvgIpc) is 2.64. The van der Waals surface area contributed by atoms with Crippen LogP contribution in [0.1, 0.15) is 25.1 Å². The molecule has 1 aliphatic rings. The van der Waals surface area contributed by atoms with Crippen LogP contribution in [0.2, 0.25) is 0 Å². The van der Waals surface area contributed by atoms with Crippen molar-refractivity contribution in [3.8, 4) is 0 Å². The molecule has 0 aliphatic carbocycles. The topological polar surface area (TPSA) is 86.9 Å². The standard InChI is InChI=1S/C18H24N4O2S/c23-17(20-11-13-4-3-8-19-10-13)7-9-25-12-16-21-15-6-2-1-5-14(15)18(24)22-16/h1-2,5-6,13,19H,3-4,7-12H2,(H,20,23)(H,21,22,24). The van der Waals surface area contributed by atoms with Gasteiger partial charge in [0, 0.05) is 18.7 Å². The van der Waals surface area contributed by atoms with E-state index in [-0.39, 0.29) is 11.5 Å². The zero-order valence-electron chi connectivity index (χ0n) is 14.2. The van der Waals surface area contributed by atoms with Crippen LogP contribution in [-0.2, 0) is 10.5 Å². The molecular formula is C18H24N4O2S. The monoisotopic (exact) mass is 360 g/mol. The lowest BCUT2D eigenvalue weighted by Gasteiger charge is -2.22. The summed E-state index contributed by atoms with van der Waals surface area (Å²) in [5, 5.41) is 6.98. The van der Waals surface area contributed by atoms with Gasteiger partial charge in [0.1, 0.15) is 5.82 Å². The van der Waals surface area contributed by atoms with E-state index in [0.29, 0.717) is 40.6 Å². The van der Waals surface area contributed by atoms with E-state index in [1.54, 1.807) is 17.8 Å². The van der Waals surface area contributed by atoms with Gasteiger partial charge < -0.3 is 15.6 Å². The molecule has 1 unspecified atom stereocenters. The smallest absolute Gasteiger partial charge is 0.258 e. The van der Waals surface area contributed by atoms with E-state index in [1.165, 1.54) is 12.8 Å². The molecule has 2 aromatic rings. The molecule has 1 saturated heterocycles. The van der Waals surface area contributed by atoms with E-state index >= 15 is 0 Å². The van der Waals surface area contributed by atoms with Crippen molar-refractivity contribution in [2.45, 2.75) is 25.0 Å². The molecule has 0 spiro atoms. The number of aromatic nitrogens is 2. The number of hydrogen-bond acceptors (Lipinski definition) is 5. The van der Waals surface area contributed by atoms with E-state index in [4.69, 9.17) is 0 Å². The molecule has 0 bridgehead atoms. The lowest BCUT2D eigenvalue weighted by molar-refractivity contribution is -0.120. The van der Waals surface area contributed by atoms with Crippen LogP contribution in [0.5, 0.6) is 0 Å². The van der Waals surface area contributed by atoms with E-state index < -0.39 is 0 Å². The van der Waals surface area contributed by atoms with Crippen molar-refractivity contribution >= 4 is 28.6 Å². The van der Waals surface area contributed by atoms with Crippen LogP contribution in [0.25, 0.3) is 10.9 Å². The van der Waals surface area contributed by atoms with Crippen LogP contribution >= 0.6 is 11.8 Å². The van der Waals surface area contributed by atoms with Gasteiger partial charge in [-0.05, 0) is 44.0 Å². The lowest BCUT2D eigenvalue weighted by atomic mass is 10.00. The highest BCUT2D eigenvalue weighted by atomic mass is 32.2. The summed E-state index contributed by atoms with van der Waals surface area (Å²) >= 11 is 1.61. The van der Waals surface area contributed by atoms with Crippen LogP contribution in [0.3, 0.4) is 0 Å². The van der Waals surface area contributed by atoms with Gasteiger partial charge in [-0.2, -0.15) is 11.8 Å². The zero-order chi connectivity index (χ0) is 17.5. The highest BCUT2D eigenvalue weighted by Crippen LogP contribution is 2.12. The SMILES string of the molecule is O=C(CCSCc1nc2ccccc2c(=O)[nH]1)NCC1CCCNC1. The quantitative estimate of drug-likeness (QED) is 0.654. The number of piperidine rings is 1. The van der Waals surface area contributed by atoms with Gasteiger partial charge >= 0.3 is 0 Å². The lowest BCUT2D eigenvalue weighted by Crippen LogP contribution is -2.38. The first-order valence-corrected chi connectivity index (χ1v) is 9.91. The highest BCUT2D eigenvalue weighted by Gasteiger charge is 2.13. The number of carbonyl (C=O) groups excluding carboxylic acids is 1. The van der Waals surface area contributed by atoms with Crippen LogP contribution in [0.15, 0.2) is 29.1 Å². The maximum Gasteiger partial charge on any atom is 0.258 e. The van der Waals surface area contributed by atoms with Crippen molar-refractivity contribution in [3.63, 3.8) is 0 Å². The minimum Gasteiger partial charge on any atom is -0.356 e. The van der Waals surface area contributed by atoms with Crippen LogP contribution in [-0.4, -0.2) is 41.3 Å². The van der Waals surface area contributed by atoms with Gasteiger partial charge in [0.15, 0.2) is 0 Å². The number of H-pyrrole nitrogens is 1. The second-order valence-corrected chi connectivity index (χ2v) is 7.45. The number of nitrogens with one attached hydrogen (secondary N) is 3. The number of para-hydroxylation sites is 1. The minimum absolute atomic E-state index is 0.0954. The molecule has 0 radical (unpaired) electrons. The van der Waals surface area contributed by atoms with Crippen LogP contribution in [0, 0.1) is 5.92 Å². The third-order valence-electron chi connectivity index (χ3n) is 4.36. The predicted octanol–water partition coefficient (Wildman–Crippen LogP) is 1.66. The third kappa shape index (κ3) is 5.31. The Hall–Kier alpha value is -1.86. The number of amides is 1. The van der Waals surface area contributed by atoms with Gasteiger partial charge in [-0.3, -0.25) is 9.59 Å². The Morgan fingerprint density at radius 3 is 3.08 bits per heavy atom. The first-order chi connectivity index (χ1) is 12.2. The van der Waals surface area contributed by atoms with Gasteiger partial charge in [0.05, 0.1) is 16.7 Å². The maximum atomic E-state index is 12.0. The zero-order valence-corrected chi connectivity index (χ0v) is 15.0. The first kappa shape index (κ1) is 17.9. The number of hydrogen-bond donors (Lipinski definition) is 3. The summed E-state index contributed by atoms with van der Waals surface area (Å²) in [5.41, 5.74) is 0.598. The molecule has 2 heterocycles. The van der Waals surface area contributed by atoms with Gasteiger partial charge in [-0.15, -0.1) is 0 Å². The van der Waals surface area contributed by atoms with Gasteiger partial charge in [0.2, 0.25) is 5.91 Å². The van der Waals surface area contributed by atoms with Crippen LogP contribution < -0.4 is 16.2 Å². The van der Waals surface area contributed by atoms with Crippen LogP contribution in [0.4, 0.5) is 0 Å². The molecule has 134 valence electrons. The summed E-state index contributed by atoms with van der Waals surface area (Å²) in [7, 11) is 0. The van der Waals surface area contributed by atoms with E-state index in [9.17, 15) is 9.59 Å². The number of fused-ring (bicyclic) bond motifs is 1. The molecule has 1 amide bonds. The van der Waals surface area contributed by atoms with Crippen molar-refractivity contribution in [1.29, 1.82) is 0 Å². The fourth-order valence-electron chi connectivity index (χ4n) is 2.98. The molecule has 3 N–H and O–H groups in total. The number of benzene rings is 1. The Bertz CT molecular complexity index is 771. The Morgan fingerprint density at radius 2 is 2.24 bits per heavy atom. The summed E-state index contributed by atoms with van der Waals surface area (Å²) in [5.74, 6) is 2.61. The van der Waals surface area contributed by atoms with E-state index in [2.05, 4.69) is 20.6 Å². The van der Waals surface area contributed by atoms with Gasteiger partial charge in [0.25, 0.3) is 5.56 Å². The average molecular weight is 360 g/mol. The van der Waals surface area contributed by atoms with Crippen molar-refractivity contribution in [1.82, 2.24) is 20.6 Å². The third-order valence-corrected chi connectivity index (χ3v) is 5.33. The van der Waals surface area contributed by atoms with E-state index in [0.717, 1.165) is 19.6 Å². The molecule has 1 fully saturated rings. The molecule has 1 aliphatic heterocycles. The number of rotatable bonds is 7. The molecule has 6 nitrogen and oxygen atoms in total. The van der Waals surface area contributed by atoms with Crippen molar-refractivity contribution in [3.05, 3.63) is 40.4 Å². The Morgan fingerprint density at radius 1 is 1.36 bits per heavy atom. The number of aromatic amines is 1. The molecule has 7 heteroatoms. The summed E-state index contributed by atoms with van der Waals surface area (Å²) in [6, 6.07) is 7.31. The minimum atomic E-state index is -0.111. The Labute approximate surface area is 151 Å². The summed E-state index contributed by atoms with van der Waals surface area (Å²) < 4.78 is 0. The molecule has 25 heavy (non-hydrogen) atoms. The molecular weight excluding hydrogens is 336 g/mol. The molecule has 1 aromatic heterocycles. The van der Waals surface area contributed by atoms with Crippen molar-refractivity contribution < 1.29 is 4.79 Å². The van der Waals surface area contributed by atoms with Crippen molar-refractivity contribution in [2.75, 3.05) is 25.4 Å². The molecule has 0 saturated carbocycles. The Kier molecular flexibility index (Phi) is 6.47. The number of nitrogens with zero attached hydrogens (tertiary/aromatic N) is 1. The molecule has 1 aromatic carbocycles. The Balaban J connectivity index is 1.39. The normalized spacial score (nSPS) is 17.5. The second-order valence-electron chi connectivity index (χ2n) is 6.35.